The lowest BCUT2D eigenvalue weighted by molar-refractivity contribution is -0.140. The van der Waals surface area contributed by atoms with Gasteiger partial charge in [0.2, 0.25) is 11.8 Å². The predicted molar refractivity (Wildman–Crippen MR) is 68.2 cm³/mol. The van der Waals surface area contributed by atoms with E-state index in [1.807, 2.05) is 0 Å². The average molecular weight is 264 g/mol. The topological polar surface area (TPSA) is 63.4 Å². The highest BCUT2D eigenvalue weighted by Gasteiger charge is 2.42. The van der Waals surface area contributed by atoms with E-state index in [0.29, 0.717) is 11.1 Å². The van der Waals surface area contributed by atoms with Crippen LogP contribution in [0.5, 0.6) is 0 Å². The minimum absolute atomic E-state index is 0.0109. The van der Waals surface area contributed by atoms with Gasteiger partial charge >= 0.3 is 0 Å². The van der Waals surface area contributed by atoms with E-state index < -0.39 is 5.82 Å². The molecule has 0 bridgehead atoms. The van der Waals surface area contributed by atoms with Crippen molar-refractivity contribution < 1.29 is 14.0 Å². The molecule has 2 atom stereocenters. The van der Waals surface area contributed by atoms with Gasteiger partial charge in [0, 0.05) is 23.9 Å². The van der Waals surface area contributed by atoms with E-state index in [2.05, 4.69) is 0 Å². The Labute approximate surface area is 111 Å². The molecule has 1 aromatic rings. The van der Waals surface area contributed by atoms with Crippen LogP contribution < -0.4 is 5.73 Å². The summed E-state index contributed by atoms with van der Waals surface area (Å²) in [6.07, 6.45) is 0. The van der Waals surface area contributed by atoms with Gasteiger partial charge in [0.15, 0.2) is 0 Å². The van der Waals surface area contributed by atoms with Crippen LogP contribution in [0.25, 0.3) is 0 Å². The van der Waals surface area contributed by atoms with Crippen LogP contribution in [0.4, 0.5) is 4.39 Å². The molecule has 2 unspecified atom stereocenters. The Bertz CT molecular complexity index is 510. The molecule has 0 saturated carbocycles. The molecule has 102 valence electrons. The Kier molecular flexibility index (Phi) is 3.66. The fourth-order valence-corrected chi connectivity index (χ4v) is 2.20. The lowest BCUT2D eigenvalue weighted by atomic mass is 10.00. The molecule has 2 N–H and O–H groups in total. The number of amides is 2. The number of halogens is 1. The van der Waals surface area contributed by atoms with Crippen LogP contribution in [-0.4, -0.2) is 16.7 Å². The van der Waals surface area contributed by atoms with E-state index in [-0.39, 0.29) is 36.7 Å². The van der Waals surface area contributed by atoms with Crippen molar-refractivity contribution in [3.8, 4) is 0 Å². The van der Waals surface area contributed by atoms with Crippen molar-refractivity contribution in [1.82, 2.24) is 4.90 Å². The third-order valence-corrected chi connectivity index (χ3v) is 3.74. The number of hydrogen-bond donors (Lipinski definition) is 1. The standard InChI is InChI=1S/C14H17FN2O2/c1-8-9(2)14(19)17(13(8)18)7-11-4-3-10(6-16)5-12(11)15/h3-5,8-9H,6-7,16H2,1-2H3. The van der Waals surface area contributed by atoms with Crippen molar-refractivity contribution in [1.29, 1.82) is 0 Å². The highest BCUT2D eigenvalue weighted by atomic mass is 19.1. The van der Waals surface area contributed by atoms with Crippen molar-refractivity contribution in [2.75, 3.05) is 0 Å². The number of rotatable bonds is 3. The lowest BCUT2D eigenvalue weighted by Crippen LogP contribution is -2.30. The van der Waals surface area contributed by atoms with E-state index in [1.54, 1.807) is 26.0 Å². The molecule has 1 heterocycles. The van der Waals surface area contributed by atoms with Crippen LogP contribution in [0.15, 0.2) is 18.2 Å². The molecule has 1 saturated heterocycles. The number of carbonyl (C=O) groups is 2. The summed E-state index contributed by atoms with van der Waals surface area (Å²) in [5.74, 6) is -1.58. The van der Waals surface area contributed by atoms with Gasteiger partial charge in [-0.1, -0.05) is 26.0 Å². The Morgan fingerprint density at radius 1 is 1.21 bits per heavy atom. The molecule has 19 heavy (non-hydrogen) atoms. The highest BCUT2D eigenvalue weighted by molar-refractivity contribution is 6.04. The molecular weight excluding hydrogens is 247 g/mol. The van der Waals surface area contributed by atoms with Gasteiger partial charge in [0.1, 0.15) is 5.82 Å². The minimum atomic E-state index is -0.434. The van der Waals surface area contributed by atoms with Gasteiger partial charge < -0.3 is 5.73 Å². The van der Waals surface area contributed by atoms with Crippen molar-refractivity contribution in [2.45, 2.75) is 26.9 Å². The molecule has 1 aliphatic heterocycles. The zero-order chi connectivity index (χ0) is 14.2. The molecule has 1 fully saturated rings. The Balaban J connectivity index is 2.22. The van der Waals surface area contributed by atoms with E-state index in [1.165, 1.54) is 6.07 Å². The maximum absolute atomic E-state index is 13.8. The smallest absolute Gasteiger partial charge is 0.233 e. The first kappa shape index (κ1) is 13.7. The number of benzene rings is 1. The monoisotopic (exact) mass is 264 g/mol. The van der Waals surface area contributed by atoms with Crippen LogP contribution in [0.2, 0.25) is 0 Å². The van der Waals surface area contributed by atoms with Gasteiger partial charge in [-0.05, 0) is 11.6 Å². The molecule has 4 nitrogen and oxygen atoms in total. The van der Waals surface area contributed by atoms with Gasteiger partial charge in [0.05, 0.1) is 6.54 Å². The second-order valence-corrected chi connectivity index (χ2v) is 4.97. The summed E-state index contributed by atoms with van der Waals surface area (Å²) in [7, 11) is 0. The Morgan fingerprint density at radius 2 is 1.79 bits per heavy atom. The van der Waals surface area contributed by atoms with Crippen molar-refractivity contribution in [3.63, 3.8) is 0 Å². The molecule has 2 amide bonds. The van der Waals surface area contributed by atoms with Crippen LogP contribution in [0.3, 0.4) is 0 Å². The largest absolute Gasteiger partial charge is 0.326 e. The number of nitrogens with two attached hydrogens (primary N) is 1. The first-order chi connectivity index (χ1) is 8.95. The lowest BCUT2D eigenvalue weighted by Gasteiger charge is -2.15. The quantitative estimate of drug-likeness (QED) is 0.840. The number of nitrogens with zero attached hydrogens (tertiary/aromatic N) is 1. The molecule has 0 aliphatic carbocycles. The van der Waals surface area contributed by atoms with Crippen molar-refractivity contribution >= 4 is 11.8 Å². The SMILES string of the molecule is CC1C(=O)N(Cc2ccc(CN)cc2F)C(=O)C1C. The van der Waals surface area contributed by atoms with Crippen LogP contribution in [0, 0.1) is 17.7 Å². The molecule has 1 aliphatic rings. The summed E-state index contributed by atoms with van der Waals surface area (Å²) < 4.78 is 13.8. The first-order valence-corrected chi connectivity index (χ1v) is 6.28. The molecular formula is C14H17FN2O2. The van der Waals surface area contributed by atoms with Crippen molar-refractivity contribution in [3.05, 3.63) is 35.1 Å². The third-order valence-electron chi connectivity index (χ3n) is 3.74. The average Bonchev–Trinajstić information content (AvgIpc) is 2.58. The molecule has 1 aromatic carbocycles. The second-order valence-electron chi connectivity index (χ2n) is 4.97. The number of hydrogen-bond acceptors (Lipinski definition) is 3. The normalized spacial score (nSPS) is 23.3. The highest BCUT2D eigenvalue weighted by Crippen LogP contribution is 2.27. The minimum Gasteiger partial charge on any atom is -0.326 e. The number of likely N-dealkylation sites (tertiary alicyclic amines) is 1. The molecule has 2 rings (SSSR count). The fourth-order valence-electron chi connectivity index (χ4n) is 2.20. The fraction of sp³-hybridized carbons (Fsp3) is 0.429. The van der Waals surface area contributed by atoms with Crippen molar-refractivity contribution in [2.24, 2.45) is 17.6 Å². The Morgan fingerprint density at radius 3 is 2.26 bits per heavy atom. The summed E-state index contributed by atoms with van der Waals surface area (Å²) >= 11 is 0. The first-order valence-electron chi connectivity index (χ1n) is 6.28. The maximum Gasteiger partial charge on any atom is 0.233 e. The third kappa shape index (κ3) is 2.38. The second kappa shape index (κ2) is 5.09. The van der Waals surface area contributed by atoms with Gasteiger partial charge in [-0.2, -0.15) is 0 Å². The van der Waals surface area contributed by atoms with Crippen LogP contribution in [-0.2, 0) is 22.7 Å². The zero-order valence-electron chi connectivity index (χ0n) is 11.0. The molecule has 5 heteroatoms. The summed E-state index contributed by atoms with van der Waals surface area (Å²) in [6, 6.07) is 4.62. The maximum atomic E-state index is 13.8. The molecule has 0 radical (unpaired) electrons. The molecule has 0 aromatic heterocycles. The zero-order valence-corrected chi connectivity index (χ0v) is 11.0. The van der Waals surface area contributed by atoms with Gasteiger partial charge in [-0.25, -0.2) is 4.39 Å². The van der Waals surface area contributed by atoms with Gasteiger partial charge in [0.25, 0.3) is 0 Å². The van der Waals surface area contributed by atoms with Gasteiger partial charge in [-0.3, -0.25) is 14.5 Å². The summed E-state index contributed by atoms with van der Waals surface area (Å²) in [5, 5.41) is 0. The number of carbonyl (C=O) groups excluding carboxylic acids is 2. The van der Waals surface area contributed by atoms with Gasteiger partial charge in [-0.15, -0.1) is 0 Å². The summed E-state index contributed by atoms with van der Waals surface area (Å²) in [5.41, 5.74) is 6.44. The summed E-state index contributed by atoms with van der Waals surface area (Å²) in [4.78, 5) is 25.0. The van der Waals surface area contributed by atoms with E-state index in [9.17, 15) is 14.0 Å². The summed E-state index contributed by atoms with van der Waals surface area (Å²) in [6.45, 7) is 3.69. The Hall–Kier alpha value is -1.75. The van der Waals surface area contributed by atoms with Crippen LogP contribution >= 0.6 is 0 Å². The van der Waals surface area contributed by atoms with E-state index in [0.717, 1.165) is 4.90 Å². The predicted octanol–water partition coefficient (Wildman–Crippen LogP) is 1.43. The number of imide groups is 1. The van der Waals surface area contributed by atoms with Crippen LogP contribution in [0.1, 0.15) is 25.0 Å². The molecule has 0 spiro atoms. The van der Waals surface area contributed by atoms with E-state index in [4.69, 9.17) is 5.73 Å². The van der Waals surface area contributed by atoms with E-state index >= 15 is 0 Å².